The minimum atomic E-state index is 1.00. The maximum Gasteiger partial charge on any atom is 0.0709 e. The molecule has 0 aliphatic heterocycles. The van der Waals surface area contributed by atoms with Gasteiger partial charge in [0.1, 0.15) is 0 Å². The van der Waals surface area contributed by atoms with Crippen molar-refractivity contribution >= 4 is 44.2 Å². The van der Waals surface area contributed by atoms with Crippen molar-refractivity contribution in [3.8, 4) is 0 Å². The molecule has 0 fully saturated rings. The van der Waals surface area contributed by atoms with Crippen LogP contribution in [-0.2, 0) is 0 Å². The lowest BCUT2D eigenvalue weighted by Crippen LogP contribution is -1.84. The average molecular weight is 291 g/mol. The molecule has 0 saturated carbocycles. The summed E-state index contributed by atoms with van der Waals surface area (Å²) in [5.41, 5.74) is 5.17. The Morgan fingerprint density at radius 2 is 1.52 bits per heavy atom. The first-order valence-corrected chi connectivity index (χ1v) is 7.74. The molecular weight excluding hydrogens is 278 g/mol. The summed E-state index contributed by atoms with van der Waals surface area (Å²) in [4.78, 5) is 4.70. The number of allylic oxidation sites excluding steroid dienone is 3. The third-order valence-corrected chi connectivity index (χ3v) is 4.47. The van der Waals surface area contributed by atoms with Gasteiger partial charge in [-0.2, -0.15) is 0 Å². The molecule has 0 N–H and O–H groups in total. The van der Waals surface area contributed by atoms with Crippen LogP contribution in [0.2, 0.25) is 0 Å². The second-order valence-corrected chi connectivity index (χ2v) is 5.82. The molecule has 5 rings (SSSR count). The fourth-order valence-corrected chi connectivity index (χ4v) is 3.40. The fourth-order valence-electron chi connectivity index (χ4n) is 3.40. The number of aliphatic imine (C=N–C) groups is 1. The Balaban J connectivity index is 1.84. The van der Waals surface area contributed by atoms with Crippen molar-refractivity contribution in [2.24, 2.45) is 4.99 Å². The molecule has 0 aromatic heterocycles. The summed E-state index contributed by atoms with van der Waals surface area (Å²) in [6, 6.07) is 19.5. The second-order valence-electron chi connectivity index (χ2n) is 5.82. The average Bonchev–Trinajstić information content (AvgIpc) is 3.12. The Morgan fingerprint density at radius 3 is 2.30 bits per heavy atom. The first-order valence-electron chi connectivity index (χ1n) is 7.74. The van der Waals surface area contributed by atoms with Crippen molar-refractivity contribution in [2.75, 3.05) is 0 Å². The largest absolute Gasteiger partial charge is 0.255 e. The summed E-state index contributed by atoms with van der Waals surface area (Å²) in [5.74, 6) is 0. The van der Waals surface area contributed by atoms with Crippen molar-refractivity contribution in [3.63, 3.8) is 0 Å². The van der Waals surface area contributed by atoms with Crippen LogP contribution in [0.15, 0.2) is 89.1 Å². The van der Waals surface area contributed by atoms with Crippen LogP contribution in [0.3, 0.4) is 0 Å². The molecule has 0 radical (unpaired) electrons. The summed E-state index contributed by atoms with van der Waals surface area (Å²) < 4.78 is 0. The SMILES string of the molecule is C1=CC=CC=1C=Nc1ccc2ccc3cccc4ccc1c2c34. The van der Waals surface area contributed by atoms with Crippen LogP contribution in [0.25, 0.3) is 32.3 Å². The van der Waals surface area contributed by atoms with Crippen LogP contribution in [0.5, 0.6) is 0 Å². The van der Waals surface area contributed by atoms with Crippen LogP contribution in [0.1, 0.15) is 0 Å². The molecule has 0 unspecified atom stereocenters. The molecule has 4 aromatic carbocycles. The molecule has 0 heterocycles. The van der Waals surface area contributed by atoms with E-state index < -0.39 is 0 Å². The maximum atomic E-state index is 4.70. The lowest BCUT2D eigenvalue weighted by atomic mass is 9.93. The molecule has 0 atom stereocenters. The second kappa shape index (κ2) is 4.67. The highest BCUT2D eigenvalue weighted by Crippen LogP contribution is 2.38. The zero-order valence-electron chi connectivity index (χ0n) is 12.5. The fraction of sp³-hybridized carbons (Fsp3) is 0. The highest BCUT2D eigenvalue weighted by Gasteiger charge is 2.09. The Bertz CT molecular complexity index is 1170. The van der Waals surface area contributed by atoms with E-state index in [2.05, 4.69) is 60.3 Å². The lowest BCUT2D eigenvalue weighted by Gasteiger charge is -2.11. The molecule has 106 valence electrons. The minimum absolute atomic E-state index is 1.00. The predicted molar refractivity (Wildman–Crippen MR) is 99.0 cm³/mol. The van der Waals surface area contributed by atoms with Crippen molar-refractivity contribution in [3.05, 3.63) is 84.1 Å². The van der Waals surface area contributed by atoms with Gasteiger partial charge in [-0.3, -0.25) is 4.99 Å². The molecule has 23 heavy (non-hydrogen) atoms. The molecule has 1 heteroatoms. The molecule has 0 bridgehead atoms. The van der Waals surface area contributed by atoms with Crippen molar-refractivity contribution < 1.29 is 0 Å². The van der Waals surface area contributed by atoms with Crippen LogP contribution in [0.4, 0.5) is 5.69 Å². The van der Waals surface area contributed by atoms with Gasteiger partial charge in [-0.15, -0.1) is 5.73 Å². The Morgan fingerprint density at radius 1 is 0.783 bits per heavy atom. The first-order chi connectivity index (χ1) is 11.4. The number of benzene rings is 4. The van der Waals surface area contributed by atoms with Gasteiger partial charge >= 0.3 is 0 Å². The lowest BCUT2D eigenvalue weighted by molar-refractivity contribution is 1.59. The highest BCUT2D eigenvalue weighted by molar-refractivity contribution is 6.25. The van der Waals surface area contributed by atoms with Gasteiger partial charge in [-0.1, -0.05) is 54.6 Å². The van der Waals surface area contributed by atoms with Crippen molar-refractivity contribution in [2.45, 2.75) is 0 Å². The first kappa shape index (κ1) is 12.4. The van der Waals surface area contributed by atoms with Gasteiger partial charge in [0.2, 0.25) is 0 Å². The summed E-state index contributed by atoms with van der Waals surface area (Å²) >= 11 is 0. The van der Waals surface area contributed by atoms with Crippen molar-refractivity contribution in [1.29, 1.82) is 0 Å². The van der Waals surface area contributed by atoms with Crippen LogP contribution in [-0.4, -0.2) is 6.21 Å². The third-order valence-electron chi connectivity index (χ3n) is 4.47. The Hall–Kier alpha value is -3.15. The van der Waals surface area contributed by atoms with E-state index in [1.54, 1.807) is 0 Å². The highest BCUT2D eigenvalue weighted by atomic mass is 14.7. The van der Waals surface area contributed by atoms with Crippen molar-refractivity contribution in [1.82, 2.24) is 0 Å². The topological polar surface area (TPSA) is 12.4 Å². The summed E-state index contributed by atoms with van der Waals surface area (Å²) in [5, 5.41) is 7.68. The maximum absolute atomic E-state index is 4.70. The van der Waals surface area contributed by atoms with Gasteiger partial charge in [0.15, 0.2) is 0 Å². The molecular formula is C22H13N. The minimum Gasteiger partial charge on any atom is -0.255 e. The van der Waals surface area contributed by atoms with E-state index in [0.29, 0.717) is 0 Å². The molecule has 1 aliphatic rings. The molecule has 0 spiro atoms. The van der Waals surface area contributed by atoms with Gasteiger partial charge < -0.3 is 0 Å². The smallest absolute Gasteiger partial charge is 0.0709 e. The van der Waals surface area contributed by atoms with E-state index in [0.717, 1.165) is 11.3 Å². The monoisotopic (exact) mass is 291 g/mol. The van der Waals surface area contributed by atoms with E-state index in [1.165, 1.54) is 32.3 Å². The van der Waals surface area contributed by atoms with E-state index in [9.17, 15) is 0 Å². The third kappa shape index (κ3) is 1.85. The number of nitrogens with zero attached hydrogens (tertiary/aromatic N) is 1. The van der Waals surface area contributed by atoms with E-state index in [4.69, 9.17) is 4.99 Å². The van der Waals surface area contributed by atoms with Gasteiger partial charge in [0.05, 0.1) is 5.69 Å². The number of hydrogen-bond acceptors (Lipinski definition) is 1. The molecule has 0 saturated heterocycles. The normalized spacial score (nSPS) is 14.0. The Labute approximate surface area is 133 Å². The molecule has 4 aromatic rings. The predicted octanol–water partition coefficient (Wildman–Crippen LogP) is 5.94. The van der Waals surface area contributed by atoms with Gasteiger partial charge in [-0.05, 0) is 45.1 Å². The van der Waals surface area contributed by atoms with Gasteiger partial charge in [0.25, 0.3) is 0 Å². The quantitative estimate of drug-likeness (QED) is 0.246. The standard InChI is InChI=1S/C22H13N/c1-2-5-15(4-1)14-23-20-13-11-18-9-8-16-6-3-7-17-10-12-19(20)22(18)21(16)17/h1-4,6-14H. The van der Waals surface area contributed by atoms with E-state index in [1.807, 2.05) is 24.4 Å². The summed E-state index contributed by atoms with van der Waals surface area (Å²) in [7, 11) is 0. The molecule has 0 amide bonds. The van der Waals surface area contributed by atoms with E-state index in [-0.39, 0.29) is 0 Å². The van der Waals surface area contributed by atoms with Gasteiger partial charge in [0, 0.05) is 17.2 Å². The molecule has 1 aliphatic carbocycles. The zero-order chi connectivity index (χ0) is 15.2. The summed E-state index contributed by atoms with van der Waals surface area (Å²) in [6.07, 6.45) is 7.78. The Kier molecular flexibility index (Phi) is 2.52. The van der Waals surface area contributed by atoms with Crippen LogP contribution in [0, 0.1) is 0 Å². The number of rotatable bonds is 2. The van der Waals surface area contributed by atoms with Gasteiger partial charge in [-0.25, -0.2) is 0 Å². The number of hydrogen-bond donors (Lipinski definition) is 0. The molecule has 1 nitrogen and oxygen atoms in total. The van der Waals surface area contributed by atoms with Crippen LogP contribution >= 0.6 is 0 Å². The zero-order valence-corrected chi connectivity index (χ0v) is 12.5. The van der Waals surface area contributed by atoms with E-state index >= 15 is 0 Å². The van der Waals surface area contributed by atoms with Crippen LogP contribution < -0.4 is 0 Å². The summed E-state index contributed by atoms with van der Waals surface area (Å²) in [6.45, 7) is 0.